The van der Waals surface area contributed by atoms with Crippen molar-refractivity contribution in [1.29, 1.82) is 0 Å². The summed E-state index contributed by atoms with van der Waals surface area (Å²) < 4.78 is 31.6. The van der Waals surface area contributed by atoms with Crippen LogP contribution in [0.4, 0.5) is 0 Å². The number of benzene rings is 1. The molecule has 23 heavy (non-hydrogen) atoms. The Hall–Kier alpha value is -1.86. The highest BCUT2D eigenvalue weighted by Gasteiger charge is 2.43. The Labute approximate surface area is 137 Å². The van der Waals surface area contributed by atoms with E-state index >= 15 is 0 Å². The average molecular weight is 338 g/mol. The average Bonchev–Trinajstić information content (AvgIpc) is 2.73. The third-order valence-electron chi connectivity index (χ3n) is 3.57. The summed E-state index contributed by atoms with van der Waals surface area (Å²) in [5.74, 6) is -0.492. The Morgan fingerprint density at radius 2 is 1.91 bits per heavy atom. The SMILES string of the molecule is CCCCN1C(=O)C(NCCOC)=C(c2ccccc2)S1(=O)=O. The maximum absolute atomic E-state index is 12.8. The smallest absolute Gasteiger partial charge is 0.285 e. The minimum Gasteiger partial charge on any atom is -0.383 e. The van der Waals surface area contributed by atoms with Crippen molar-refractivity contribution in [3.63, 3.8) is 0 Å². The van der Waals surface area contributed by atoms with Gasteiger partial charge in [-0.1, -0.05) is 43.7 Å². The van der Waals surface area contributed by atoms with Gasteiger partial charge in [-0.25, -0.2) is 12.7 Å². The molecule has 0 aliphatic carbocycles. The maximum atomic E-state index is 12.8. The van der Waals surface area contributed by atoms with Crippen molar-refractivity contribution >= 4 is 20.8 Å². The van der Waals surface area contributed by atoms with Gasteiger partial charge in [-0.15, -0.1) is 0 Å². The molecule has 0 fully saturated rings. The van der Waals surface area contributed by atoms with Gasteiger partial charge < -0.3 is 10.1 Å². The first kappa shape index (κ1) is 17.5. The quantitative estimate of drug-likeness (QED) is 0.728. The Kier molecular flexibility index (Phi) is 5.79. The number of hydrogen-bond donors (Lipinski definition) is 1. The number of carbonyl (C=O) groups excluding carboxylic acids is 1. The first-order chi connectivity index (χ1) is 11.0. The van der Waals surface area contributed by atoms with Gasteiger partial charge in [0.15, 0.2) is 0 Å². The van der Waals surface area contributed by atoms with Gasteiger partial charge in [0.05, 0.1) is 6.61 Å². The fraction of sp³-hybridized carbons (Fsp3) is 0.438. The molecule has 1 heterocycles. The van der Waals surface area contributed by atoms with E-state index in [2.05, 4.69) is 5.32 Å². The molecule has 7 heteroatoms. The number of methoxy groups -OCH3 is 1. The van der Waals surface area contributed by atoms with Crippen molar-refractivity contribution in [2.24, 2.45) is 0 Å². The Morgan fingerprint density at radius 3 is 2.52 bits per heavy atom. The van der Waals surface area contributed by atoms with E-state index in [-0.39, 0.29) is 17.1 Å². The zero-order valence-electron chi connectivity index (χ0n) is 13.4. The van der Waals surface area contributed by atoms with E-state index < -0.39 is 15.9 Å². The minimum absolute atomic E-state index is 0.0512. The van der Waals surface area contributed by atoms with Crippen LogP contribution in [0.25, 0.3) is 4.91 Å². The molecular weight excluding hydrogens is 316 g/mol. The molecule has 0 saturated heterocycles. The monoisotopic (exact) mass is 338 g/mol. The lowest BCUT2D eigenvalue weighted by molar-refractivity contribution is -0.122. The highest BCUT2D eigenvalue weighted by Crippen LogP contribution is 2.34. The molecule has 1 aliphatic heterocycles. The number of nitrogens with zero attached hydrogens (tertiary/aromatic N) is 1. The fourth-order valence-corrected chi connectivity index (χ4v) is 4.16. The minimum atomic E-state index is -3.83. The highest BCUT2D eigenvalue weighted by atomic mass is 32.2. The number of hydrogen-bond acceptors (Lipinski definition) is 5. The van der Waals surface area contributed by atoms with Gasteiger partial charge in [0.2, 0.25) is 0 Å². The van der Waals surface area contributed by atoms with Crippen LogP contribution in [0, 0.1) is 0 Å². The van der Waals surface area contributed by atoms with Crippen molar-refractivity contribution in [1.82, 2.24) is 9.62 Å². The largest absolute Gasteiger partial charge is 0.383 e. The zero-order valence-corrected chi connectivity index (χ0v) is 14.2. The van der Waals surface area contributed by atoms with Crippen molar-refractivity contribution < 1.29 is 17.9 Å². The Bertz CT molecular complexity index is 683. The van der Waals surface area contributed by atoms with Crippen LogP contribution in [0.15, 0.2) is 36.0 Å². The predicted molar refractivity (Wildman–Crippen MR) is 88.8 cm³/mol. The van der Waals surface area contributed by atoms with Gasteiger partial charge in [0.25, 0.3) is 15.9 Å². The van der Waals surface area contributed by atoms with Crippen molar-refractivity contribution in [3.8, 4) is 0 Å². The van der Waals surface area contributed by atoms with E-state index in [9.17, 15) is 13.2 Å². The summed E-state index contributed by atoms with van der Waals surface area (Å²) in [4.78, 5) is 12.6. The second-order valence-corrected chi connectivity index (χ2v) is 7.02. The van der Waals surface area contributed by atoms with Gasteiger partial charge in [-0.2, -0.15) is 0 Å². The number of nitrogens with one attached hydrogen (secondary N) is 1. The zero-order chi connectivity index (χ0) is 16.9. The number of ether oxygens (including phenoxy) is 1. The number of sulfonamides is 1. The second kappa shape index (κ2) is 7.61. The summed E-state index contributed by atoms with van der Waals surface area (Å²) >= 11 is 0. The van der Waals surface area contributed by atoms with Crippen molar-refractivity contribution in [2.75, 3.05) is 26.8 Å². The number of carbonyl (C=O) groups is 1. The van der Waals surface area contributed by atoms with Crippen molar-refractivity contribution in [2.45, 2.75) is 19.8 Å². The molecule has 1 aliphatic rings. The molecule has 1 N–H and O–H groups in total. The number of rotatable bonds is 8. The Balaban J connectivity index is 2.45. The maximum Gasteiger partial charge on any atom is 0.285 e. The van der Waals surface area contributed by atoms with Gasteiger partial charge in [0, 0.05) is 20.2 Å². The number of amides is 1. The lowest BCUT2D eigenvalue weighted by Crippen LogP contribution is -2.34. The predicted octanol–water partition coefficient (Wildman–Crippen LogP) is 1.56. The third-order valence-corrected chi connectivity index (χ3v) is 5.46. The third kappa shape index (κ3) is 3.56. The molecule has 0 radical (unpaired) electrons. The molecule has 1 aromatic rings. The second-order valence-electron chi connectivity index (χ2n) is 5.23. The highest BCUT2D eigenvalue weighted by molar-refractivity contribution is 7.99. The molecule has 1 aromatic carbocycles. The van der Waals surface area contributed by atoms with E-state index in [0.717, 1.165) is 10.7 Å². The molecule has 0 aromatic heterocycles. The summed E-state index contributed by atoms with van der Waals surface area (Å²) in [6.07, 6.45) is 1.45. The van der Waals surface area contributed by atoms with Crippen LogP contribution in [0.1, 0.15) is 25.3 Å². The fourth-order valence-electron chi connectivity index (χ4n) is 2.41. The topological polar surface area (TPSA) is 75.7 Å². The van der Waals surface area contributed by atoms with E-state index in [0.29, 0.717) is 25.1 Å². The Morgan fingerprint density at radius 1 is 1.22 bits per heavy atom. The molecule has 0 bridgehead atoms. The summed E-state index contributed by atoms with van der Waals surface area (Å²) in [5.41, 5.74) is 0.643. The van der Waals surface area contributed by atoms with Gasteiger partial charge >= 0.3 is 0 Å². The van der Waals surface area contributed by atoms with E-state index in [1.54, 1.807) is 37.4 Å². The molecule has 0 atom stereocenters. The van der Waals surface area contributed by atoms with Crippen molar-refractivity contribution in [3.05, 3.63) is 41.6 Å². The van der Waals surface area contributed by atoms with Gasteiger partial charge in [-0.05, 0) is 12.0 Å². The first-order valence-electron chi connectivity index (χ1n) is 7.63. The van der Waals surface area contributed by atoms with Crippen LogP contribution < -0.4 is 5.32 Å². The van der Waals surface area contributed by atoms with E-state index in [4.69, 9.17) is 4.74 Å². The van der Waals surface area contributed by atoms with Gasteiger partial charge in [-0.3, -0.25) is 4.79 Å². The lowest BCUT2D eigenvalue weighted by Gasteiger charge is -2.15. The summed E-state index contributed by atoms with van der Waals surface area (Å²) in [6, 6.07) is 8.71. The summed E-state index contributed by atoms with van der Waals surface area (Å²) in [5, 5.41) is 2.93. The molecule has 6 nitrogen and oxygen atoms in total. The van der Waals surface area contributed by atoms with E-state index in [1.807, 2.05) is 6.92 Å². The van der Waals surface area contributed by atoms with Gasteiger partial charge in [0.1, 0.15) is 10.6 Å². The van der Waals surface area contributed by atoms with E-state index in [1.165, 1.54) is 0 Å². The van der Waals surface area contributed by atoms with Crippen LogP contribution in [0.3, 0.4) is 0 Å². The molecular formula is C16H22N2O4S. The van der Waals surface area contributed by atoms with Crippen LogP contribution in [-0.2, 0) is 19.6 Å². The van der Waals surface area contributed by atoms with Crippen LogP contribution in [0.2, 0.25) is 0 Å². The normalized spacial score (nSPS) is 17.0. The molecule has 0 unspecified atom stereocenters. The standard InChI is InChI=1S/C16H22N2O4S/c1-3-4-11-18-16(19)14(17-10-12-22-2)15(23(18,20)21)13-8-6-5-7-9-13/h5-9,17H,3-4,10-12H2,1-2H3. The van der Waals surface area contributed by atoms with Crippen LogP contribution >= 0.6 is 0 Å². The summed E-state index contributed by atoms with van der Waals surface area (Å²) in [6.45, 7) is 2.90. The van der Waals surface area contributed by atoms with Crippen LogP contribution in [0.5, 0.6) is 0 Å². The first-order valence-corrected chi connectivity index (χ1v) is 9.07. The molecule has 0 spiro atoms. The van der Waals surface area contributed by atoms with Crippen LogP contribution in [-0.4, -0.2) is 45.4 Å². The number of unbranched alkanes of at least 4 members (excludes halogenated alkanes) is 1. The molecule has 126 valence electrons. The lowest BCUT2D eigenvalue weighted by atomic mass is 10.2. The molecule has 1 amide bonds. The molecule has 0 saturated carbocycles. The molecule has 2 rings (SSSR count). The summed E-state index contributed by atoms with van der Waals surface area (Å²) in [7, 11) is -2.28.